The van der Waals surface area contributed by atoms with E-state index >= 15 is 0 Å². The van der Waals surface area contributed by atoms with Crippen LogP contribution in [0.5, 0.6) is 0 Å². The molecule has 0 unspecified atom stereocenters. The summed E-state index contributed by atoms with van der Waals surface area (Å²) in [6.07, 6.45) is 3.90. The molecular weight excluding hydrogens is 655 g/mol. The van der Waals surface area contributed by atoms with Gasteiger partial charge in [0.1, 0.15) is 16.9 Å². The van der Waals surface area contributed by atoms with Crippen LogP contribution in [0.15, 0.2) is 114 Å². The van der Waals surface area contributed by atoms with Crippen LogP contribution in [0.2, 0.25) is 5.02 Å². The van der Waals surface area contributed by atoms with Gasteiger partial charge < -0.3 is 0 Å². The maximum absolute atomic E-state index is 13.9. The molecule has 0 aliphatic rings. The van der Waals surface area contributed by atoms with Crippen LogP contribution in [0.3, 0.4) is 0 Å². The van der Waals surface area contributed by atoms with Gasteiger partial charge in [0.15, 0.2) is 5.52 Å². The van der Waals surface area contributed by atoms with Crippen molar-refractivity contribution in [1.82, 2.24) is 23.9 Å². The SMILES string of the molecule is CCn1c(C)c(C=Cc2n(-c3ccccc3)c3nc4cc(Cl)ccc4nc3[n+]2-c2ccccc2)c(=O)n1-c1ccccc1.[O-][Cl+3]([O-])([O-])[O-]. The zero-order chi connectivity index (χ0) is 34.0. The van der Waals surface area contributed by atoms with Crippen molar-refractivity contribution in [2.45, 2.75) is 20.4 Å². The van der Waals surface area contributed by atoms with Crippen LogP contribution in [-0.2, 0) is 6.54 Å². The number of aromatic nitrogens is 6. The number of imidazole rings is 1. The molecule has 0 saturated heterocycles. The fraction of sp³-hybridized carbons (Fsp3) is 0.0857. The van der Waals surface area contributed by atoms with Crippen molar-refractivity contribution >= 4 is 46.1 Å². The van der Waals surface area contributed by atoms with Crippen LogP contribution in [0.4, 0.5) is 0 Å². The summed E-state index contributed by atoms with van der Waals surface area (Å²) in [5.41, 5.74) is 6.90. The van der Waals surface area contributed by atoms with Crippen molar-refractivity contribution in [2.75, 3.05) is 0 Å². The zero-order valence-corrected chi connectivity index (χ0v) is 27.2. The highest BCUT2D eigenvalue weighted by molar-refractivity contribution is 6.31. The molecule has 0 saturated carbocycles. The third-order valence-corrected chi connectivity index (χ3v) is 7.88. The first kappa shape index (κ1) is 32.8. The highest BCUT2D eigenvalue weighted by atomic mass is 35.7. The summed E-state index contributed by atoms with van der Waals surface area (Å²) in [5, 5.41) is 0.598. The van der Waals surface area contributed by atoms with Crippen LogP contribution >= 0.6 is 11.6 Å². The third-order valence-electron chi connectivity index (χ3n) is 7.64. The molecule has 0 aliphatic carbocycles. The fourth-order valence-corrected chi connectivity index (χ4v) is 5.83. The van der Waals surface area contributed by atoms with E-state index in [0.29, 0.717) is 33.9 Å². The number of fused-ring (bicyclic) bond motifs is 2. The van der Waals surface area contributed by atoms with Crippen molar-refractivity contribution in [3.8, 4) is 17.1 Å². The van der Waals surface area contributed by atoms with Crippen molar-refractivity contribution in [2.24, 2.45) is 0 Å². The average molecular weight is 684 g/mol. The molecular formula is C35H28Cl2N6O5. The summed E-state index contributed by atoms with van der Waals surface area (Å²) in [6.45, 7) is 4.69. The molecule has 0 spiro atoms. The summed E-state index contributed by atoms with van der Waals surface area (Å²) < 4.78 is 41.9. The molecule has 4 aromatic carbocycles. The normalized spacial score (nSPS) is 11.7. The number of para-hydroxylation sites is 3. The van der Waals surface area contributed by atoms with Gasteiger partial charge in [-0.15, -0.1) is 10.2 Å². The number of hydrogen-bond acceptors (Lipinski definition) is 7. The van der Waals surface area contributed by atoms with Gasteiger partial charge in [-0.1, -0.05) is 71.2 Å². The molecule has 0 atom stereocenters. The van der Waals surface area contributed by atoms with E-state index in [4.69, 9.17) is 40.2 Å². The quantitative estimate of drug-likeness (QED) is 0.244. The number of halogens is 2. The van der Waals surface area contributed by atoms with Gasteiger partial charge >= 0.3 is 5.65 Å². The average Bonchev–Trinajstić information content (AvgIpc) is 3.51. The molecule has 7 aromatic rings. The monoisotopic (exact) mass is 682 g/mol. The van der Waals surface area contributed by atoms with Gasteiger partial charge in [-0.25, -0.2) is 32.9 Å². The maximum atomic E-state index is 13.9. The van der Waals surface area contributed by atoms with Crippen LogP contribution in [0, 0.1) is 17.2 Å². The lowest BCUT2D eigenvalue weighted by Crippen LogP contribution is -2.68. The lowest BCUT2D eigenvalue weighted by Gasteiger charge is -2.17. The zero-order valence-electron chi connectivity index (χ0n) is 25.7. The molecule has 13 heteroatoms. The second-order valence-corrected chi connectivity index (χ2v) is 11.8. The van der Waals surface area contributed by atoms with Gasteiger partial charge in [-0.05, 0) is 74.5 Å². The largest absolute Gasteiger partial charge is 0.328 e. The van der Waals surface area contributed by atoms with Gasteiger partial charge in [0.25, 0.3) is 11.2 Å². The number of benzene rings is 4. The molecule has 3 aromatic heterocycles. The van der Waals surface area contributed by atoms with Crippen molar-refractivity contribution in [3.63, 3.8) is 0 Å². The van der Waals surface area contributed by atoms with E-state index in [2.05, 4.69) is 9.13 Å². The Labute approximate surface area is 281 Å². The lowest BCUT2D eigenvalue weighted by molar-refractivity contribution is -2.00. The van der Waals surface area contributed by atoms with Gasteiger partial charge in [0.2, 0.25) is 5.82 Å². The van der Waals surface area contributed by atoms with E-state index in [1.165, 1.54) is 0 Å². The molecule has 11 nitrogen and oxygen atoms in total. The van der Waals surface area contributed by atoms with E-state index in [9.17, 15) is 4.79 Å². The van der Waals surface area contributed by atoms with E-state index in [1.807, 2.05) is 140 Å². The van der Waals surface area contributed by atoms with Crippen molar-refractivity contribution in [3.05, 3.63) is 142 Å². The molecule has 0 aliphatic heterocycles. The summed E-state index contributed by atoms with van der Waals surface area (Å²) in [6, 6.07) is 35.4. The van der Waals surface area contributed by atoms with Crippen molar-refractivity contribution < 1.29 is 33.4 Å². The predicted molar refractivity (Wildman–Crippen MR) is 172 cm³/mol. The first-order chi connectivity index (χ1) is 23.0. The Bertz CT molecular complexity index is 2310. The van der Waals surface area contributed by atoms with Crippen LogP contribution in [0.25, 0.3) is 51.5 Å². The Morgan fingerprint density at radius 1 is 0.792 bits per heavy atom. The minimum Gasteiger partial charge on any atom is -0.282 e. The molecule has 0 radical (unpaired) electrons. The molecule has 48 heavy (non-hydrogen) atoms. The summed E-state index contributed by atoms with van der Waals surface area (Å²) >= 11 is 6.35. The van der Waals surface area contributed by atoms with E-state index in [1.54, 1.807) is 4.68 Å². The third kappa shape index (κ3) is 6.64. The van der Waals surface area contributed by atoms with Gasteiger partial charge in [-0.3, -0.25) is 9.48 Å². The molecule has 0 fully saturated rings. The Balaban J connectivity index is 0.000000749. The standard InChI is InChI=1S/C35H28ClN6O.ClHO4/c1-3-39-24(2)29(35(43)42(39)28-17-11-6-12-18-28)20-22-32-40(26-13-7-4-8-14-26)33-34(41(32)27-15-9-5-10-16-27)38-31-23-25(36)19-21-30(31)37-33;2-1(3,4)5/h4-23H,3H2,1-2H3;(H,2,3,4,5)/q+1;/p-1. The van der Waals surface area contributed by atoms with Crippen molar-refractivity contribution in [1.29, 1.82) is 0 Å². The first-order valence-corrected chi connectivity index (χ1v) is 16.4. The molecule has 0 bridgehead atoms. The minimum absolute atomic E-state index is 0.0768. The molecule has 0 amide bonds. The second-order valence-electron chi connectivity index (χ2n) is 10.6. The number of rotatable bonds is 6. The number of hydrogen-bond donors (Lipinski definition) is 0. The Hall–Kier alpha value is -5.14. The highest BCUT2D eigenvalue weighted by Crippen LogP contribution is 2.25. The molecule has 242 valence electrons. The van der Waals surface area contributed by atoms with E-state index < -0.39 is 10.2 Å². The summed E-state index contributed by atoms with van der Waals surface area (Å²) in [5.74, 6) is 0.795. The van der Waals surface area contributed by atoms with E-state index in [-0.39, 0.29) is 5.56 Å². The van der Waals surface area contributed by atoms with E-state index in [0.717, 1.165) is 34.1 Å². The Kier molecular flexibility index (Phi) is 9.24. The predicted octanol–water partition coefficient (Wildman–Crippen LogP) is 2.20. The van der Waals surface area contributed by atoms with Crippen LogP contribution in [-0.4, -0.2) is 23.9 Å². The van der Waals surface area contributed by atoms with Crippen LogP contribution < -0.4 is 28.8 Å². The number of nitrogens with zero attached hydrogens (tertiary/aromatic N) is 6. The van der Waals surface area contributed by atoms with Gasteiger partial charge in [0, 0.05) is 23.3 Å². The molecule has 0 N–H and O–H groups in total. The Morgan fingerprint density at radius 3 is 1.98 bits per heavy atom. The van der Waals surface area contributed by atoms with Gasteiger partial charge in [-0.2, -0.15) is 4.57 Å². The fourth-order valence-electron chi connectivity index (χ4n) is 5.66. The maximum Gasteiger partial charge on any atom is 0.328 e. The first-order valence-electron chi connectivity index (χ1n) is 14.8. The second kappa shape index (κ2) is 13.5. The smallest absolute Gasteiger partial charge is 0.282 e. The lowest BCUT2D eigenvalue weighted by atomic mass is 10.2. The topological polar surface area (TPSA) is 154 Å². The van der Waals surface area contributed by atoms with Gasteiger partial charge in [0.05, 0.1) is 11.3 Å². The van der Waals surface area contributed by atoms with Crippen LogP contribution in [0.1, 0.15) is 24.0 Å². The summed E-state index contributed by atoms with van der Waals surface area (Å²) in [7, 11) is -4.94. The minimum atomic E-state index is -4.94. The molecule has 7 rings (SSSR count). The highest BCUT2D eigenvalue weighted by Gasteiger charge is 2.28. The Morgan fingerprint density at radius 2 is 1.38 bits per heavy atom. The summed E-state index contributed by atoms with van der Waals surface area (Å²) in [4.78, 5) is 24.1. The molecule has 3 heterocycles.